The summed E-state index contributed by atoms with van der Waals surface area (Å²) in [5, 5.41) is 0.0375. The van der Waals surface area contributed by atoms with Crippen LogP contribution in [-0.4, -0.2) is 30.4 Å². The summed E-state index contributed by atoms with van der Waals surface area (Å²) in [6, 6.07) is 0. The molecule has 0 bridgehead atoms. The third kappa shape index (κ3) is 11.8. The average Bonchev–Trinajstić information content (AvgIpc) is 2.31. The predicted molar refractivity (Wildman–Crippen MR) is 78.3 cm³/mol. The molecule has 0 aliphatic heterocycles. The minimum atomic E-state index is -0.338. The first-order valence-electron chi connectivity index (χ1n) is 6.59. The highest BCUT2D eigenvalue weighted by molar-refractivity contribution is 7.80. The summed E-state index contributed by atoms with van der Waals surface area (Å²) in [5.74, 6) is -0.535. The smallest absolute Gasteiger partial charge is 0.333 e. The van der Waals surface area contributed by atoms with Gasteiger partial charge in [-0.3, -0.25) is 4.79 Å². The summed E-state index contributed by atoms with van der Waals surface area (Å²) in [6.07, 6.45) is 3.90. The van der Waals surface area contributed by atoms with Crippen LogP contribution in [0.15, 0.2) is 12.2 Å². The Morgan fingerprint density at radius 3 is 2.11 bits per heavy atom. The number of esters is 2. The predicted octanol–water partition coefficient (Wildman–Crippen LogP) is 2.92. The van der Waals surface area contributed by atoms with E-state index in [-0.39, 0.29) is 17.2 Å². The molecule has 0 saturated carbocycles. The lowest BCUT2D eigenvalue weighted by molar-refractivity contribution is -0.143. The van der Waals surface area contributed by atoms with Crippen molar-refractivity contribution in [3.63, 3.8) is 0 Å². The SMILES string of the molecule is C=C(C)C(=O)OCCCCCCOC(=O)CC(C)S. The van der Waals surface area contributed by atoms with Crippen LogP contribution in [0.2, 0.25) is 0 Å². The van der Waals surface area contributed by atoms with Crippen molar-refractivity contribution in [3.8, 4) is 0 Å². The average molecular weight is 288 g/mol. The molecule has 4 nitrogen and oxygen atoms in total. The van der Waals surface area contributed by atoms with Gasteiger partial charge in [-0.1, -0.05) is 13.5 Å². The van der Waals surface area contributed by atoms with Crippen molar-refractivity contribution in [1.82, 2.24) is 0 Å². The molecule has 0 aliphatic carbocycles. The molecule has 1 atom stereocenters. The second-order valence-corrected chi connectivity index (χ2v) is 5.49. The topological polar surface area (TPSA) is 52.6 Å². The Morgan fingerprint density at radius 2 is 1.63 bits per heavy atom. The van der Waals surface area contributed by atoms with Gasteiger partial charge in [0.2, 0.25) is 0 Å². The number of carbonyl (C=O) groups is 2. The lowest BCUT2D eigenvalue weighted by Gasteiger charge is -2.06. The highest BCUT2D eigenvalue weighted by Gasteiger charge is 2.06. The fourth-order valence-electron chi connectivity index (χ4n) is 1.33. The van der Waals surface area contributed by atoms with E-state index in [0.717, 1.165) is 25.7 Å². The van der Waals surface area contributed by atoms with Gasteiger partial charge in [0.1, 0.15) is 0 Å². The molecule has 0 fully saturated rings. The van der Waals surface area contributed by atoms with Crippen LogP contribution in [0.25, 0.3) is 0 Å². The van der Waals surface area contributed by atoms with Crippen molar-refractivity contribution < 1.29 is 19.1 Å². The third-order valence-corrected chi connectivity index (χ3v) is 2.53. The first-order chi connectivity index (χ1) is 8.93. The van der Waals surface area contributed by atoms with E-state index in [1.807, 2.05) is 6.92 Å². The minimum Gasteiger partial charge on any atom is -0.466 e. The molecule has 0 aromatic rings. The van der Waals surface area contributed by atoms with E-state index in [9.17, 15) is 9.59 Å². The van der Waals surface area contributed by atoms with Crippen LogP contribution in [0, 0.1) is 0 Å². The molecule has 19 heavy (non-hydrogen) atoms. The summed E-state index contributed by atoms with van der Waals surface area (Å²) in [5.41, 5.74) is 0.422. The third-order valence-electron chi connectivity index (χ3n) is 2.35. The van der Waals surface area contributed by atoms with Crippen LogP contribution in [-0.2, 0) is 19.1 Å². The Balaban J connectivity index is 3.30. The van der Waals surface area contributed by atoms with Gasteiger partial charge in [-0.15, -0.1) is 0 Å². The van der Waals surface area contributed by atoms with E-state index in [1.165, 1.54) is 0 Å². The summed E-state index contributed by atoms with van der Waals surface area (Å²) < 4.78 is 10.0. The lowest BCUT2D eigenvalue weighted by Crippen LogP contribution is -2.10. The Hall–Kier alpha value is -0.970. The Morgan fingerprint density at radius 1 is 1.11 bits per heavy atom. The van der Waals surface area contributed by atoms with Crippen LogP contribution >= 0.6 is 12.6 Å². The number of rotatable bonds is 10. The van der Waals surface area contributed by atoms with E-state index >= 15 is 0 Å². The maximum absolute atomic E-state index is 11.2. The van der Waals surface area contributed by atoms with Gasteiger partial charge in [0.25, 0.3) is 0 Å². The maximum Gasteiger partial charge on any atom is 0.333 e. The largest absolute Gasteiger partial charge is 0.466 e. The normalized spacial score (nSPS) is 11.7. The molecule has 110 valence electrons. The van der Waals surface area contributed by atoms with Crippen molar-refractivity contribution in [1.29, 1.82) is 0 Å². The van der Waals surface area contributed by atoms with Crippen LogP contribution in [0.4, 0.5) is 0 Å². The zero-order valence-electron chi connectivity index (χ0n) is 11.8. The first kappa shape index (κ1) is 18.0. The molecule has 0 spiro atoms. The molecule has 0 aromatic carbocycles. The second-order valence-electron chi connectivity index (χ2n) is 4.60. The highest BCUT2D eigenvalue weighted by Crippen LogP contribution is 2.04. The van der Waals surface area contributed by atoms with Crippen molar-refractivity contribution in [2.24, 2.45) is 0 Å². The van der Waals surface area contributed by atoms with Gasteiger partial charge in [0, 0.05) is 10.8 Å². The van der Waals surface area contributed by atoms with E-state index < -0.39 is 0 Å². The van der Waals surface area contributed by atoms with Crippen molar-refractivity contribution in [2.45, 2.75) is 51.2 Å². The number of ether oxygens (including phenoxy) is 2. The Bertz CT molecular complexity index is 300. The summed E-state index contributed by atoms with van der Waals surface area (Å²) in [7, 11) is 0. The van der Waals surface area contributed by atoms with Gasteiger partial charge in [-0.2, -0.15) is 12.6 Å². The van der Waals surface area contributed by atoms with Gasteiger partial charge in [0.15, 0.2) is 0 Å². The Labute approximate surface area is 120 Å². The van der Waals surface area contributed by atoms with Crippen LogP contribution in [0.5, 0.6) is 0 Å². The molecular formula is C14H24O4S. The molecule has 0 saturated heterocycles. The first-order valence-corrected chi connectivity index (χ1v) is 7.11. The van der Waals surface area contributed by atoms with Gasteiger partial charge >= 0.3 is 11.9 Å². The van der Waals surface area contributed by atoms with Gasteiger partial charge < -0.3 is 9.47 Å². The quantitative estimate of drug-likeness (QED) is 0.291. The fourth-order valence-corrected chi connectivity index (χ4v) is 1.48. The standard InChI is InChI=1S/C14H24O4S/c1-11(2)14(16)18-9-7-5-4-6-8-17-13(15)10-12(3)19/h12,19H,1,4-10H2,2-3H3. The summed E-state index contributed by atoms with van der Waals surface area (Å²) in [6.45, 7) is 7.86. The monoisotopic (exact) mass is 288 g/mol. The van der Waals surface area contributed by atoms with E-state index in [4.69, 9.17) is 9.47 Å². The van der Waals surface area contributed by atoms with Gasteiger partial charge in [0.05, 0.1) is 19.6 Å². The zero-order valence-corrected chi connectivity index (χ0v) is 12.7. The number of carbonyl (C=O) groups excluding carboxylic acids is 2. The van der Waals surface area contributed by atoms with Gasteiger partial charge in [-0.25, -0.2) is 4.79 Å². The van der Waals surface area contributed by atoms with Crippen LogP contribution in [0.3, 0.4) is 0 Å². The molecule has 0 N–H and O–H groups in total. The van der Waals surface area contributed by atoms with E-state index in [0.29, 0.717) is 25.2 Å². The summed E-state index contributed by atoms with van der Waals surface area (Å²) >= 11 is 4.12. The van der Waals surface area contributed by atoms with Crippen molar-refractivity contribution >= 4 is 24.6 Å². The molecule has 0 aliphatic rings. The van der Waals surface area contributed by atoms with E-state index in [1.54, 1.807) is 6.92 Å². The molecule has 1 unspecified atom stereocenters. The summed E-state index contributed by atoms with van der Waals surface area (Å²) in [4.78, 5) is 22.2. The van der Waals surface area contributed by atoms with Crippen LogP contribution < -0.4 is 0 Å². The van der Waals surface area contributed by atoms with Crippen molar-refractivity contribution in [3.05, 3.63) is 12.2 Å². The second kappa shape index (κ2) is 10.9. The molecule has 0 amide bonds. The van der Waals surface area contributed by atoms with Crippen molar-refractivity contribution in [2.75, 3.05) is 13.2 Å². The Kier molecular flexibility index (Phi) is 10.4. The number of thiol groups is 1. The fraction of sp³-hybridized carbons (Fsp3) is 0.714. The zero-order chi connectivity index (χ0) is 14.7. The molecule has 0 rings (SSSR count). The molecular weight excluding hydrogens is 264 g/mol. The maximum atomic E-state index is 11.2. The molecule has 0 aromatic heterocycles. The number of hydrogen-bond donors (Lipinski definition) is 1. The minimum absolute atomic E-state index is 0.0375. The van der Waals surface area contributed by atoms with Gasteiger partial charge in [-0.05, 0) is 32.6 Å². The number of hydrogen-bond acceptors (Lipinski definition) is 5. The van der Waals surface area contributed by atoms with E-state index in [2.05, 4.69) is 19.2 Å². The lowest BCUT2D eigenvalue weighted by atomic mass is 10.2. The number of unbranched alkanes of at least 4 members (excludes halogenated alkanes) is 3. The molecule has 0 radical (unpaired) electrons. The highest BCUT2D eigenvalue weighted by atomic mass is 32.1. The molecule has 5 heteroatoms. The molecule has 0 heterocycles. The van der Waals surface area contributed by atoms with Crippen LogP contribution in [0.1, 0.15) is 46.0 Å².